The SMILES string of the molecule is CC(C)Oc1ccc(COc2ccc3c(c2)OCC(CCC2CC(C(=O)O)C2)=C3)cc1C(F)(F)F. The Morgan fingerprint density at radius 3 is 2.63 bits per heavy atom. The molecular weight excluding hydrogens is 461 g/mol. The van der Waals surface area contributed by atoms with E-state index in [1.54, 1.807) is 32.0 Å². The summed E-state index contributed by atoms with van der Waals surface area (Å²) in [4.78, 5) is 10.9. The smallest absolute Gasteiger partial charge is 0.419 e. The van der Waals surface area contributed by atoms with Crippen LogP contribution in [-0.4, -0.2) is 23.8 Å². The topological polar surface area (TPSA) is 65.0 Å². The molecule has 188 valence electrons. The van der Waals surface area contributed by atoms with E-state index >= 15 is 0 Å². The molecule has 0 aromatic heterocycles. The second kappa shape index (κ2) is 10.2. The zero-order valence-electron chi connectivity index (χ0n) is 19.7. The number of alkyl halides is 3. The van der Waals surface area contributed by atoms with Gasteiger partial charge in [-0.3, -0.25) is 4.79 Å². The number of carboxylic acids is 1. The molecule has 1 fully saturated rings. The maximum Gasteiger partial charge on any atom is 0.419 e. The van der Waals surface area contributed by atoms with Crippen LogP contribution in [0.25, 0.3) is 6.08 Å². The average Bonchev–Trinajstić information content (AvgIpc) is 2.75. The summed E-state index contributed by atoms with van der Waals surface area (Å²) in [5.41, 5.74) is 1.65. The summed E-state index contributed by atoms with van der Waals surface area (Å²) in [7, 11) is 0. The van der Waals surface area contributed by atoms with Gasteiger partial charge in [0.05, 0.1) is 17.6 Å². The molecule has 5 nitrogen and oxygen atoms in total. The van der Waals surface area contributed by atoms with Gasteiger partial charge in [-0.1, -0.05) is 6.07 Å². The molecular formula is C27H29F3O5. The monoisotopic (exact) mass is 490 g/mol. The lowest BCUT2D eigenvalue weighted by atomic mass is 9.72. The molecule has 2 aromatic rings. The van der Waals surface area contributed by atoms with Crippen LogP contribution in [0.2, 0.25) is 0 Å². The summed E-state index contributed by atoms with van der Waals surface area (Å²) in [5.74, 6) is 0.537. The molecule has 35 heavy (non-hydrogen) atoms. The average molecular weight is 491 g/mol. The second-order valence-electron chi connectivity index (χ2n) is 9.49. The molecule has 2 aromatic carbocycles. The fraction of sp³-hybridized carbons (Fsp3) is 0.444. The van der Waals surface area contributed by atoms with E-state index in [0.717, 1.165) is 42.9 Å². The molecule has 0 atom stereocenters. The van der Waals surface area contributed by atoms with Crippen LogP contribution in [0, 0.1) is 11.8 Å². The van der Waals surface area contributed by atoms with Crippen LogP contribution in [0.4, 0.5) is 13.2 Å². The van der Waals surface area contributed by atoms with E-state index in [4.69, 9.17) is 19.3 Å². The van der Waals surface area contributed by atoms with Gasteiger partial charge in [0.25, 0.3) is 0 Å². The molecule has 2 aliphatic rings. The third kappa shape index (κ3) is 6.29. The molecule has 0 saturated heterocycles. The zero-order chi connectivity index (χ0) is 25.2. The molecule has 0 amide bonds. The summed E-state index contributed by atoms with van der Waals surface area (Å²) in [6.45, 7) is 3.79. The first-order valence-corrected chi connectivity index (χ1v) is 11.8. The summed E-state index contributed by atoms with van der Waals surface area (Å²) in [6, 6.07) is 9.34. The number of ether oxygens (including phenoxy) is 3. The van der Waals surface area contributed by atoms with Crippen molar-refractivity contribution in [2.24, 2.45) is 11.8 Å². The minimum atomic E-state index is -4.53. The molecule has 1 aliphatic heterocycles. The van der Waals surface area contributed by atoms with E-state index in [2.05, 4.69) is 6.08 Å². The van der Waals surface area contributed by atoms with Gasteiger partial charge in [-0.05, 0) is 86.9 Å². The number of hydrogen-bond donors (Lipinski definition) is 1. The van der Waals surface area contributed by atoms with Crippen LogP contribution in [0.5, 0.6) is 17.2 Å². The highest BCUT2D eigenvalue weighted by Crippen LogP contribution is 2.40. The third-order valence-corrected chi connectivity index (χ3v) is 6.33. The molecule has 0 bridgehead atoms. The van der Waals surface area contributed by atoms with Crippen molar-refractivity contribution < 1.29 is 37.3 Å². The van der Waals surface area contributed by atoms with E-state index in [0.29, 0.717) is 29.6 Å². The van der Waals surface area contributed by atoms with Gasteiger partial charge in [-0.2, -0.15) is 13.2 Å². The Labute approximate surface area is 202 Å². The number of carboxylic acid groups (broad SMARTS) is 1. The Morgan fingerprint density at radius 2 is 1.94 bits per heavy atom. The third-order valence-electron chi connectivity index (χ3n) is 6.33. The number of halogens is 3. The van der Waals surface area contributed by atoms with Gasteiger partial charge in [-0.15, -0.1) is 0 Å². The molecule has 8 heteroatoms. The van der Waals surface area contributed by atoms with Crippen LogP contribution in [0.15, 0.2) is 42.0 Å². The van der Waals surface area contributed by atoms with Gasteiger partial charge in [0.2, 0.25) is 0 Å². The predicted octanol–water partition coefficient (Wildman–Crippen LogP) is 6.74. The van der Waals surface area contributed by atoms with E-state index in [-0.39, 0.29) is 24.4 Å². The fourth-order valence-corrected chi connectivity index (χ4v) is 4.40. The maximum atomic E-state index is 13.5. The lowest BCUT2D eigenvalue weighted by Crippen LogP contribution is -2.30. The lowest BCUT2D eigenvalue weighted by molar-refractivity contribution is -0.146. The first kappa shape index (κ1) is 24.9. The van der Waals surface area contributed by atoms with Crippen molar-refractivity contribution >= 4 is 12.0 Å². The molecule has 0 radical (unpaired) electrons. The summed E-state index contributed by atoms with van der Waals surface area (Å²) >= 11 is 0. The van der Waals surface area contributed by atoms with E-state index in [1.807, 2.05) is 6.07 Å². The van der Waals surface area contributed by atoms with Gasteiger partial charge in [0.15, 0.2) is 0 Å². The van der Waals surface area contributed by atoms with Crippen molar-refractivity contribution in [2.45, 2.75) is 58.4 Å². The molecule has 1 N–H and O–H groups in total. The van der Waals surface area contributed by atoms with E-state index in [9.17, 15) is 18.0 Å². The number of carbonyl (C=O) groups is 1. The largest absolute Gasteiger partial charge is 0.490 e. The van der Waals surface area contributed by atoms with Crippen molar-refractivity contribution in [1.82, 2.24) is 0 Å². The highest BCUT2D eigenvalue weighted by atomic mass is 19.4. The van der Waals surface area contributed by atoms with Crippen LogP contribution in [0.1, 0.15) is 56.2 Å². The summed E-state index contributed by atoms with van der Waals surface area (Å²) in [6.07, 6.45) is 0.505. The van der Waals surface area contributed by atoms with Crippen molar-refractivity contribution in [2.75, 3.05) is 6.61 Å². The molecule has 4 rings (SSSR count). The first-order chi connectivity index (χ1) is 16.6. The van der Waals surface area contributed by atoms with Crippen molar-refractivity contribution in [3.63, 3.8) is 0 Å². The minimum absolute atomic E-state index is 0.0242. The molecule has 1 aliphatic carbocycles. The highest BCUT2D eigenvalue weighted by molar-refractivity contribution is 5.71. The first-order valence-electron chi connectivity index (χ1n) is 11.8. The zero-order valence-corrected chi connectivity index (χ0v) is 19.7. The number of aliphatic carboxylic acids is 1. The number of hydrogen-bond acceptors (Lipinski definition) is 4. The number of fused-ring (bicyclic) bond motifs is 1. The number of rotatable bonds is 9. The van der Waals surface area contributed by atoms with Crippen molar-refractivity contribution in [3.05, 3.63) is 58.7 Å². The van der Waals surface area contributed by atoms with Crippen molar-refractivity contribution in [3.8, 4) is 17.2 Å². The quantitative estimate of drug-likeness (QED) is 0.422. The number of benzene rings is 2. The fourth-order valence-electron chi connectivity index (χ4n) is 4.40. The van der Waals surface area contributed by atoms with Crippen LogP contribution in [-0.2, 0) is 17.6 Å². The van der Waals surface area contributed by atoms with Gasteiger partial charge < -0.3 is 19.3 Å². The molecule has 1 saturated carbocycles. The summed E-state index contributed by atoms with van der Waals surface area (Å²) < 4.78 is 57.3. The molecule has 1 heterocycles. The standard InChI is InChI=1S/C27H29F3O5/c1-16(2)35-24-8-5-19(12-23(24)27(28,29)30)14-33-22-7-6-20-11-18(15-34-25(20)13-22)4-3-17-9-21(10-17)26(31)32/h5-8,11-13,16-17,21H,3-4,9-10,14-15H2,1-2H3,(H,31,32). The van der Waals surface area contributed by atoms with Gasteiger partial charge in [0.1, 0.15) is 30.5 Å². The highest BCUT2D eigenvalue weighted by Gasteiger charge is 2.35. The normalized spacial score (nSPS) is 19.3. The summed E-state index contributed by atoms with van der Waals surface area (Å²) in [5, 5.41) is 8.99. The lowest BCUT2D eigenvalue weighted by Gasteiger charge is -2.32. The van der Waals surface area contributed by atoms with Crippen LogP contribution in [0.3, 0.4) is 0 Å². The Kier molecular flexibility index (Phi) is 7.28. The minimum Gasteiger partial charge on any atom is -0.490 e. The van der Waals surface area contributed by atoms with Gasteiger partial charge in [0, 0.05) is 11.6 Å². The van der Waals surface area contributed by atoms with Crippen LogP contribution >= 0.6 is 0 Å². The van der Waals surface area contributed by atoms with E-state index in [1.165, 1.54) is 6.07 Å². The molecule has 0 spiro atoms. The maximum absolute atomic E-state index is 13.5. The van der Waals surface area contributed by atoms with Gasteiger partial charge >= 0.3 is 12.1 Å². The Balaban J connectivity index is 1.35. The second-order valence-corrected chi connectivity index (χ2v) is 9.49. The Hall–Kier alpha value is -3.16. The molecule has 0 unspecified atom stereocenters. The Morgan fingerprint density at radius 1 is 1.17 bits per heavy atom. The van der Waals surface area contributed by atoms with Gasteiger partial charge in [-0.25, -0.2) is 0 Å². The van der Waals surface area contributed by atoms with E-state index < -0.39 is 17.7 Å². The van der Waals surface area contributed by atoms with Crippen LogP contribution < -0.4 is 14.2 Å². The Bertz CT molecular complexity index is 1100. The van der Waals surface area contributed by atoms with Crippen molar-refractivity contribution in [1.29, 1.82) is 0 Å². The predicted molar refractivity (Wildman–Crippen MR) is 125 cm³/mol.